The Bertz CT molecular complexity index is 215. The summed E-state index contributed by atoms with van der Waals surface area (Å²) in [4.78, 5) is 0. The monoisotopic (exact) mass is 149 g/mol. The summed E-state index contributed by atoms with van der Waals surface area (Å²) in [5.74, 6) is 0. The molecule has 0 aromatic rings. The molecule has 0 heterocycles. The summed E-state index contributed by atoms with van der Waals surface area (Å²) in [6.07, 6.45) is 5.55. The van der Waals surface area contributed by atoms with Crippen molar-refractivity contribution in [2.24, 2.45) is 5.73 Å². The van der Waals surface area contributed by atoms with Crippen LogP contribution in [0.15, 0.2) is 48.2 Å². The fraction of sp³-hybridized carbons (Fsp3) is 0.200. The maximum absolute atomic E-state index is 5.56. The Balaban J connectivity index is 4.46. The lowest BCUT2D eigenvalue weighted by Crippen LogP contribution is -1.93. The number of hydrogen-bond donors (Lipinski definition) is 1. The first-order valence-electron chi connectivity index (χ1n) is 3.50. The lowest BCUT2D eigenvalue weighted by Gasteiger charge is -1.95. The Morgan fingerprint density at radius 1 is 1.27 bits per heavy atom. The Labute approximate surface area is 68.6 Å². The highest BCUT2D eigenvalue weighted by molar-refractivity contribution is 5.35. The number of rotatable bonds is 3. The normalized spacial score (nSPS) is 12.9. The van der Waals surface area contributed by atoms with Crippen molar-refractivity contribution in [1.29, 1.82) is 0 Å². The molecule has 0 aliphatic rings. The molecule has 0 amide bonds. The van der Waals surface area contributed by atoms with Gasteiger partial charge in [-0.2, -0.15) is 0 Å². The SMILES string of the molecule is C=CC(/C=C\C(=C)C)=C(\C)N. The molecule has 0 unspecified atom stereocenters. The third-order valence-electron chi connectivity index (χ3n) is 1.22. The molecule has 0 aromatic heterocycles. The summed E-state index contributed by atoms with van der Waals surface area (Å²) in [7, 11) is 0. The maximum Gasteiger partial charge on any atom is 0.0122 e. The average Bonchev–Trinajstić information content (AvgIpc) is 1.87. The molecule has 0 aliphatic heterocycles. The van der Waals surface area contributed by atoms with E-state index in [-0.39, 0.29) is 0 Å². The number of hydrogen-bond acceptors (Lipinski definition) is 1. The molecule has 0 radical (unpaired) electrons. The van der Waals surface area contributed by atoms with Gasteiger partial charge in [-0.25, -0.2) is 0 Å². The second-order valence-corrected chi connectivity index (χ2v) is 2.52. The highest BCUT2D eigenvalue weighted by Crippen LogP contribution is 2.03. The quantitative estimate of drug-likeness (QED) is 0.613. The lowest BCUT2D eigenvalue weighted by molar-refractivity contribution is 1.28. The van der Waals surface area contributed by atoms with Crippen LogP contribution in [0.3, 0.4) is 0 Å². The minimum atomic E-state index is 0.775. The van der Waals surface area contributed by atoms with Crippen LogP contribution in [-0.4, -0.2) is 0 Å². The standard InChI is InChI=1S/C10H15N/c1-5-10(9(4)11)7-6-8(2)3/h5-7H,1-2,11H2,3-4H3/b7-6-,10-9-. The minimum Gasteiger partial charge on any atom is -0.402 e. The third kappa shape index (κ3) is 4.20. The van der Waals surface area contributed by atoms with E-state index in [0.29, 0.717) is 0 Å². The van der Waals surface area contributed by atoms with E-state index in [0.717, 1.165) is 16.8 Å². The van der Waals surface area contributed by atoms with Crippen molar-refractivity contribution in [2.45, 2.75) is 13.8 Å². The Kier molecular flexibility index (Phi) is 4.04. The summed E-state index contributed by atoms with van der Waals surface area (Å²) in [6, 6.07) is 0. The van der Waals surface area contributed by atoms with E-state index in [1.165, 1.54) is 0 Å². The first-order chi connectivity index (χ1) is 5.07. The molecule has 1 heteroatoms. The molecule has 60 valence electrons. The Morgan fingerprint density at radius 3 is 2.09 bits per heavy atom. The third-order valence-corrected chi connectivity index (χ3v) is 1.22. The second kappa shape index (κ2) is 4.56. The second-order valence-electron chi connectivity index (χ2n) is 2.52. The van der Waals surface area contributed by atoms with Crippen LogP contribution >= 0.6 is 0 Å². The van der Waals surface area contributed by atoms with E-state index in [1.807, 2.05) is 26.0 Å². The molecule has 0 saturated carbocycles. The summed E-state index contributed by atoms with van der Waals surface area (Å²) in [5.41, 5.74) is 8.29. The average molecular weight is 149 g/mol. The van der Waals surface area contributed by atoms with Gasteiger partial charge in [0.15, 0.2) is 0 Å². The first-order valence-corrected chi connectivity index (χ1v) is 3.50. The Morgan fingerprint density at radius 2 is 1.82 bits per heavy atom. The van der Waals surface area contributed by atoms with Crippen molar-refractivity contribution < 1.29 is 0 Å². The fourth-order valence-electron chi connectivity index (χ4n) is 0.593. The summed E-state index contributed by atoms with van der Waals surface area (Å²) in [6.45, 7) is 11.2. The van der Waals surface area contributed by atoms with E-state index in [2.05, 4.69) is 13.2 Å². The highest BCUT2D eigenvalue weighted by atomic mass is 14.6. The minimum absolute atomic E-state index is 0.775. The molecular formula is C10H15N. The van der Waals surface area contributed by atoms with Gasteiger partial charge in [-0.3, -0.25) is 0 Å². The summed E-state index contributed by atoms with van der Waals surface area (Å²) >= 11 is 0. The van der Waals surface area contributed by atoms with Crippen LogP contribution in [0.5, 0.6) is 0 Å². The molecule has 2 N–H and O–H groups in total. The van der Waals surface area contributed by atoms with Crippen molar-refractivity contribution in [3.63, 3.8) is 0 Å². The summed E-state index contributed by atoms with van der Waals surface area (Å²) < 4.78 is 0. The van der Waals surface area contributed by atoms with Crippen molar-refractivity contribution in [1.82, 2.24) is 0 Å². The van der Waals surface area contributed by atoms with Crippen LogP contribution in [0.1, 0.15) is 13.8 Å². The summed E-state index contributed by atoms with van der Waals surface area (Å²) in [5, 5.41) is 0. The zero-order valence-electron chi connectivity index (χ0n) is 7.22. The van der Waals surface area contributed by atoms with Gasteiger partial charge in [0.2, 0.25) is 0 Å². The van der Waals surface area contributed by atoms with Gasteiger partial charge in [-0.15, -0.1) is 0 Å². The van der Waals surface area contributed by atoms with Gasteiger partial charge < -0.3 is 5.73 Å². The maximum atomic E-state index is 5.56. The van der Waals surface area contributed by atoms with Crippen LogP contribution in [0.4, 0.5) is 0 Å². The van der Waals surface area contributed by atoms with Gasteiger partial charge in [0.25, 0.3) is 0 Å². The van der Waals surface area contributed by atoms with Gasteiger partial charge in [0.05, 0.1) is 0 Å². The highest BCUT2D eigenvalue weighted by Gasteiger charge is 1.87. The van der Waals surface area contributed by atoms with Gasteiger partial charge in [-0.05, 0) is 19.4 Å². The smallest absolute Gasteiger partial charge is 0.0122 e. The van der Waals surface area contributed by atoms with E-state index in [9.17, 15) is 0 Å². The molecule has 0 aromatic carbocycles. The zero-order chi connectivity index (χ0) is 8.85. The van der Waals surface area contributed by atoms with Crippen molar-refractivity contribution in [3.8, 4) is 0 Å². The van der Waals surface area contributed by atoms with Crippen LogP contribution < -0.4 is 5.73 Å². The first kappa shape index (κ1) is 9.76. The van der Waals surface area contributed by atoms with Gasteiger partial charge >= 0.3 is 0 Å². The number of nitrogens with two attached hydrogens (primary N) is 1. The predicted molar refractivity (Wildman–Crippen MR) is 51.0 cm³/mol. The van der Waals surface area contributed by atoms with Gasteiger partial charge in [0.1, 0.15) is 0 Å². The van der Waals surface area contributed by atoms with Gasteiger partial charge in [0, 0.05) is 5.70 Å². The van der Waals surface area contributed by atoms with Crippen molar-refractivity contribution in [3.05, 3.63) is 48.2 Å². The van der Waals surface area contributed by atoms with E-state index in [1.54, 1.807) is 6.08 Å². The van der Waals surface area contributed by atoms with Crippen LogP contribution in [0, 0.1) is 0 Å². The molecule has 11 heavy (non-hydrogen) atoms. The molecule has 0 saturated heterocycles. The molecule has 1 nitrogen and oxygen atoms in total. The fourth-order valence-corrected chi connectivity index (χ4v) is 0.593. The van der Waals surface area contributed by atoms with Gasteiger partial charge in [-0.1, -0.05) is 37.0 Å². The molecule has 0 rings (SSSR count). The van der Waals surface area contributed by atoms with Crippen LogP contribution in [-0.2, 0) is 0 Å². The lowest BCUT2D eigenvalue weighted by atomic mass is 10.2. The zero-order valence-corrected chi connectivity index (χ0v) is 7.22. The van der Waals surface area contributed by atoms with Crippen LogP contribution in [0.25, 0.3) is 0 Å². The Hall–Kier alpha value is -1.24. The largest absolute Gasteiger partial charge is 0.402 e. The molecule has 0 fully saturated rings. The molecule has 0 spiro atoms. The molecule has 0 bridgehead atoms. The van der Waals surface area contributed by atoms with E-state index in [4.69, 9.17) is 5.73 Å². The predicted octanol–water partition coefficient (Wildman–Crippen LogP) is 2.54. The van der Waals surface area contributed by atoms with Crippen molar-refractivity contribution >= 4 is 0 Å². The molecule has 0 aliphatic carbocycles. The van der Waals surface area contributed by atoms with E-state index >= 15 is 0 Å². The van der Waals surface area contributed by atoms with Crippen LogP contribution in [0.2, 0.25) is 0 Å². The topological polar surface area (TPSA) is 26.0 Å². The van der Waals surface area contributed by atoms with Crippen molar-refractivity contribution in [2.75, 3.05) is 0 Å². The van der Waals surface area contributed by atoms with E-state index < -0.39 is 0 Å². The molecule has 0 atom stereocenters. The molecular weight excluding hydrogens is 134 g/mol. The number of allylic oxidation sites excluding steroid dienone is 6.